The van der Waals surface area contributed by atoms with Gasteiger partial charge in [-0.15, -0.1) is 0 Å². The van der Waals surface area contributed by atoms with Crippen LogP contribution in [0, 0.1) is 12.8 Å². The number of pyridine rings is 1. The summed E-state index contributed by atoms with van der Waals surface area (Å²) in [6, 6.07) is 1.64. The van der Waals surface area contributed by atoms with E-state index in [1.54, 1.807) is 17.2 Å². The van der Waals surface area contributed by atoms with Crippen LogP contribution in [0.3, 0.4) is 0 Å². The molecule has 0 aromatic carbocycles. The Labute approximate surface area is 117 Å². The summed E-state index contributed by atoms with van der Waals surface area (Å²) in [5.41, 5.74) is 1.46. The number of anilines is 1. The molecule has 1 fully saturated rings. The first-order chi connectivity index (χ1) is 9.10. The van der Waals surface area contributed by atoms with Crippen LogP contribution in [0.4, 0.5) is 10.5 Å². The molecule has 2 rings (SSSR count). The highest BCUT2D eigenvalue weighted by Crippen LogP contribution is 2.19. The lowest BCUT2D eigenvalue weighted by atomic mass is 9.99. The van der Waals surface area contributed by atoms with Crippen molar-refractivity contribution in [1.82, 2.24) is 9.88 Å². The van der Waals surface area contributed by atoms with E-state index in [0.29, 0.717) is 17.4 Å². The second-order valence-corrected chi connectivity index (χ2v) is 5.26. The molecule has 1 aliphatic heterocycles. The van der Waals surface area contributed by atoms with Gasteiger partial charge in [0.2, 0.25) is 0 Å². The lowest BCUT2D eigenvalue weighted by Crippen LogP contribution is -2.43. The van der Waals surface area contributed by atoms with E-state index in [4.69, 9.17) is 16.7 Å². The van der Waals surface area contributed by atoms with Crippen molar-refractivity contribution in [2.45, 2.75) is 19.8 Å². The lowest BCUT2D eigenvalue weighted by molar-refractivity contribution is 0.136. The smallest absolute Gasteiger partial charge is 0.321 e. The van der Waals surface area contributed by atoms with Gasteiger partial charge in [0.05, 0.1) is 11.9 Å². The Morgan fingerprint density at radius 2 is 2.47 bits per heavy atom. The summed E-state index contributed by atoms with van der Waals surface area (Å²) in [4.78, 5) is 17.8. The maximum Gasteiger partial charge on any atom is 0.321 e. The van der Waals surface area contributed by atoms with E-state index < -0.39 is 0 Å². The molecular weight excluding hydrogens is 266 g/mol. The van der Waals surface area contributed by atoms with E-state index in [-0.39, 0.29) is 18.6 Å². The number of piperidine rings is 1. The molecule has 6 heteroatoms. The summed E-state index contributed by atoms with van der Waals surface area (Å²) >= 11 is 5.84. The Bertz CT molecular complexity index is 467. The second kappa shape index (κ2) is 6.21. The van der Waals surface area contributed by atoms with Crippen LogP contribution in [0.25, 0.3) is 0 Å². The van der Waals surface area contributed by atoms with Crippen LogP contribution in [-0.2, 0) is 0 Å². The number of rotatable bonds is 2. The maximum atomic E-state index is 12.1. The summed E-state index contributed by atoms with van der Waals surface area (Å²) in [6.45, 7) is 3.30. The van der Waals surface area contributed by atoms with Gasteiger partial charge in [-0.25, -0.2) is 9.78 Å². The van der Waals surface area contributed by atoms with Gasteiger partial charge in [0.1, 0.15) is 5.15 Å². The van der Waals surface area contributed by atoms with Crippen molar-refractivity contribution in [3.63, 3.8) is 0 Å². The van der Waals surface area contributed by atoms with Crippen LogP contribution in [0.15, 0.2) is 12.3 Å². The van der Waals surface area contributed by atoms with Gasteiger partial charge < -0.3 is 15.3 Å². The van der Waals surface area contributed by atoms with Gasteiger partial charge in [-0.2, -0.15) is 0 Å². The van der Waals surface area contributed by atoms with Crippen LogP contribution in [0.2, 0.25) is 5.15 Å². The number of aryl methyl sites for hydroxylation is 1. The third kappa shape index (κ3) is 3.58. The molecule has 0 bridgehead atoms. The number of aliphatic hydroxyl groups is 1. The topological polar surface area (TPSA) is 65.5 Å². The minimum absolute atomic E-state index is 0.130. The van der Waals surface area contributed by atoms with Gasteiger partial charge in [0.15, 0.2) is 0 Å². The number of nitrogens with one attached hydrogen (secondary N) is 1. The molecule has 1 unspecified atom stereocenters. The third-order valence-corrected chi connectivity index (χ3v) is 3.73. The van der Waals surface area contributed by atoms with Gasteiger partial charge >= 0.3 is 6.03 Å². The number of carbonyl (C=O) groups is 1. The SMILES string of the molecule is Cc1cc(NC(=O)N2CCCC(CO)C2)cnc1Cl. The normalized spacial score (nSPS) is 19.3. The first kappa shape index (κ1) is 14.1. The molecule has 2 amide bonds. The molecule has 1 aromatic rings. The molecule has 2 N–H and O–H groups in total. The minimum atomic E-state index is -0.151. The summed E-state index contributed by atoms with van der Waals surface area (Å²) in [5.74, 6) is 0.185. The first-order valence-corrected chi connectivity index (χ1v) is 6.77. The van der Waals surface area contributed by atoms with Gasteiger partial charge in [0.25, 0.3) is 0 Å². The van der Waals surface area contributed by atoms with Crippen molar-refractivity contribution in [3.8, 4) is 0 Å². The van der Waals surface area contributed by atoms with E-state index in [2.05, 4.69) is 10.3 Å². The summed E-state index contributed by atoms with van der Waals surface area (Å²) in [6.07, 6.45) is 3.44. The Hall–Kier alpha value is -1.33. The molecule has 1 aliphatic rings. The summed E-state index contributed by atoms with van der Waals surface area (Å²) in [7, 11) is 0. The highest BCUT2D eigenvalue weighted by atomic mass is 35.5. The average molecular weight is 284 g/mol. The highest BCUT2D eigenvalue weighted by Gasteiger charge is 2.23. The lowest BCUT2D eigenvalue weighted by Gasteiger charge is -2.31. The zero-order valence-electron chi connectivity index (χ0n) is 10.9. The van der Waals surface area contributed by atoms with E-state index in [1.165, 1.54) is 0 Å². The highest BCUT2D eigenvalue weighted by molar-refractivity contribution is 6.30. The Kier molecular flexibility index (Phi) is 4.61. The van der Waals surface area contributed by atoms with Crippen molar-refractivity contribution < 1.29 is 9.90 Å². The zero-order valence-corrected chi connectivity index (χ0v) is 11.7. The number of amides is 2. The third-order valence-electron chi connectivity index (χ3n) is 3.33. The fourth-order valence-corrected chi connectivity index (χ4v) is 2.33. The minimum Gasteiger partial charge on any atom is -0.396 e. The van der Waals surface area contributed by atoms with Crippen LogP contribution in [0.1, 0.15) is 18.4 Å². The van der Waals surface area contributed by atoms with Crippen LogP contribution in [-0.4, -0.2) is 40.7 Å². The fraction of sp³-hybridized carbons (Fsp3) is 0.538. The van der Waals surface area contributed by atoms with E-state index >= 15 is 0 Å². The molecule has 1 atom stereocenters. The van der Waals surface area contributed by atoms with Gasteiger partial charge in [-0.1, -0.05) is 11.6 Å². The Morgan fingerprint density at radius 1 is 1.68 bits per heavy atom. The van der Waals surface area contributed by atoms with Gasteiger partial charge in [0, 0.05) is 19.7 Å². The number of hydrogen-bond donors (Lipinski definition) is 2. The largest absolute Gasteiger partial charge is 0.396 e. The van der Waals surface area contributed by atoms with E-state index in [1.807, 2.05) is 6.92 Å². The van der Waals surface area contributed by atoms with Crippen molar-refractivity contribution in [2.75, 3.05) is 25.0 Å². The zero-order chi connectivity index (χ0) is 13.8. The first-order valence-electron chi connectivity index (χ1n) is 6.39. The standard InChI is InChI=1S/C13H18ClN3O2/c1-9-5-11(6-15-12(9)14)16-13(19)17-4-2-3-10(7-17)8-18/h5-6,10,18H,2-4,7-8H2,1H3,(H,16,19). The average Bonchev–Trinajstić information content (AvgIpc) is 2.43. The van der Waals surface area contributed by atoms with E-state index in [9.17, 15) is 4.79 Å². The molecule has 0 spiro atoms. The molecule has 104 valence electrons. The number of hydrogen-bond acceptors (Lipinski definition) is 3. The van der Waals surface area contributed by atoms with Crippen molar-refractivity contribution >= 4 is 23.3 Å². The number of halogens is 1. The number of urea groups is 1. The summed E-state index contributed by atoms with van der Waals surface area (Å²) < 4.78 is 0. The molecule has 0 saturated carbocycles. The number of aromatic nitrogens is 1. The van der Waals surface area contributed by atoms with Crippen molar-refractivity contribution in [1.29, 1.82) is 0 Å². The monoisotopic (exact) mass is 283 g/mol. The van der Waals surface area contributed by atoms with Crippen LogP contribution >= 0.6 is 11.6 Å². The summed E-state index contributed by atoms with van der Waals surface area (Å²) in [5, 5.41) is 12.4. The quantitative estimate of drug-likeness (QED) is 0.819. The molecule has 19 heavy (non-hydrogen) atoms. The molecular formula is C13H18ClN3O2. The predicted octanol–water partition coefficient (Wildman–Crippen LogP) is 2.28. The predicted molar refractivity (Wildman–Crippen MR) is 74.4 cm³/mol. The number of nitrogens with zero attached hydrogens (tertiary/aromatic N) is 2. The van der Waals surface area contributed by atoms with Crippen molar-refractivity contribution in [3.05, 3.63) is 23.0 Å². The van der Waals surface area contributed by atoms with Gasteiger partial charge in [-0.05, 0) is 37.3 Å². The van der Waals surface area contributed by atoms with Crippen LogP contribution < -0.4 is 5.32 Å². The molecule has 2 heterocycles. The van der Waals surface area contributed by atoms with E-state index in [0.717, 1.165) is 24.9 Å². The van der Waals surface area contributed by atoms with Crippen LogP contribution in [0.5, 0.6) is 0 Å². The molecule has 0 radical (unpaired) electrons. The number of aliphatic hydroxyl groups excluding tert-OH is 1. The Morgan fingerprint density at radius 3 is 3.16 bits per heavy atom. The Balaban J connectivity index is 1.98. The number of likely N-dealkylation sites (tertiary alicyclic amines) is 1. The number of carbonyl (C=O) groups excluding carboxylic acids is 1. The maximum absolute atomic E-state index is 12.1. The second-order valence-electron chi connectivity index (χ2n) is 4.90. The molecule has 5 nitrogen and oxygen atoms in total. The molecule has 1 aromatic heterocycles. The fourth-order valence-electron chi connectivity index (χ4n) is 2.23. The molecule has 0 aliphatic carbocycles. The van der Waals surface area contributed by atoms with Crippen molar-refractivity contribution in [2.24, 2.45) is 5.92 Å². The van der Waals surface area contributed by atoms with Gasteiger partial charge in [-0.3, -0.25) is 0 Å². The molecule has 1 saturated heterocycles.